The summed E-state index contributed by atoms with van der Waals surface area (Å²) < 4.78 is 12.5. The molecule has 3 nitrogen and oxygen atoms in total. The van der Waals surface area contributed by atoms with Gasteiger partial charge in [0.25, 0.3) is 0 Å². The zero-order valence-corrected chi connectivity index (χ0v) is 23.3. The summed E-state index contributed by atoms with van der Waals surface area (Å²) in [5, 5.41) is 0. The van der Waals surface area contributed by atoms with E-state index in [4.69, 9.17) is 4.74 Å². The number of esters is 1. The van der Waals surface area contributed by atoms with Crippen molar-refractivity contribution in [2.45, 2.75) is 124 Å². The van der Waals surface area contributed by atoms with Crippen molar-refractivity contribution in [2.75, 3.05) is 6.61 Å². The molecule has 0 heterocycles. The SMILES string of the molecule is CCC[CH2][Sn](/[CH]=C\CCCC1(C(=O)OCC)CCCCC1=O)([CH2]CCC)[CH2]CCC. The molecule has 0 amide bonds. The van der Waals surface area contributed by atoms with Crippen LogP contribution in [0.4, 0.5) is 0 Å². The Morgan fingerprint density at radius 1 is 0.967 bits per heavy atom. The molecular weight excluding hydrogens is 479 g/mol. The quantitative estimate of drug-likeness (QED) is 0.0891. The molecule has 1 rings (SSSR count). The Kier molecular flexibility index (Phi) is 14.3. The molecule has 0 aromatic heterocycles. The van der Waals surface area contributed by atoms with Gasteiger partial charge in [-0.05, 0) is 0 Å². The van der Waals surface area contributed by atoms with Gasteiger partial charge in [0.1, 0.15) is 0 Å². The van der Waals surface area contributed by atoms with Gasteiger partial charge in [0, 0.05) is 0 Å². The van der Waals surface area contributed by atoms with E-state index in [0.29, 0.717) is 25.9 Å². The van der Waals surface area contributed by atoms with Crippen molar-refractivity contribution in [1.29, 1.82) is 0 Å². The predicted molar refractivity (Wildman–Crippen MR) is 130 cm³/mol. The molecule has 30 heavy (non-hydrogen) atoms. The van der Waals surface area contributed by atoms with Crippen molar-refractivity contribution < 1.29 is 14.3 Å². The number of carbonyl (C=O) groups excluding carboxylic acids is 2. The maximum atomic E-state index is 12.7. The van der Waals surface area contributed by atoms with E-state index < -0.39 is 23.8 Å². The Morgan fingerprint density at radius 3 is 2.07 bits per heavy atom. The second-order valence-corrected chi connectivity index (χ2v) is 22.4. The van der Waals surface area contributed by atoms with Crippen LogP contribution in [-0.2, 0) is 14.3 Å². The van der Waals surface area contributed by atoms with Crippen LogP contribution in [-0.4, -0.2) is 36.7 Å². The number of hydrogen-bond donors (Lipinski definition) is 0. The summed E-state index contributed by atoms with van der Waals surface area (Å²) in [5.41, 5.74) is -0.852. The van der Waals surface area contributed by atoms with Gasteiger partial charge < -0.3 is 0 Å². The normalized spacial score (nSPS) is 20.1. The van der Waals surface area contributed by atoms with Crippen molar-refractivity contribution in [3.8, 4) is 0 Å². The standard InChI is InChI=1S/C14H21O3.3C4H9.Sn/c1-3-5-7-10-14(13(16)17-4-2)11-8-6-9-12(14)15;3*1-3-4-2;/h1,3H,4-11H2,2H3;3*1,3-4H2,2H3;. The number of unbranched alkanes of at least 4 members (excludes halogenated alkanes) is 4. The van der Waals surface area contributed by atoms with E-state index in [2.05, 4.69) is 30.9 Å². The Bertz CT molecular complexity index is 507. The summed E-state index contributed by atoms with van der Waals surface area (Å²) in [5.74, 6) is -0.139. The fourth-order valence-electron chi connectivity index (χ4n) is 5.01. The minimum atomic E-state index is -2.22. The molecule has 0 N–H and O–H groups in total. The van der Waals surface area contributed by atoms with Crippen LogP contribution in [0, 0.1) is 5.41 Å². The number of Topliss-reactive ketones (excluding diaryl/α,β-unsaturated/α-hetero) is 1. The topological polar surface area (TPSA) is 43.4 Å². The third-order valence-corrected chi connectivity index (χ3v) is 21.2. The number of rotatable bonds is 16. The summed E-state index contributed by atoms with van der Waals surface area (Å²) in [6.45, 7) is 9.14. The van der Waals surface area contributed by atoms with Gasteiger partial charge in [-0.25, -0.2) is 0 Å². The van der Waals surface area contributed by atoms with Crippen LogP contribution in [0.2, 0.25) is 13.3 Å². The summed E-state index contributed by atoms with van der Waals surface area (Å²) in [6.07, 6.45) is 16.2. The molecule has 1 aliphatic carbocycles. The zero-order chi connectivity index (χ0) is 22.3. The fraction of sp³-hybridized carbons (Fsp3) is 0.846. The number of hydrogen-bond acceptors (Lipinski definition) is 3. The number of ether oxygens (including phenoxy) is 1. The molecule has 4 heteroatoms. The third kappa shape index (κ3) is 8.67. The minimum absolute atomic E-state index is 0.124. The Labute approximate surface area is 190 Å². The zero-order valence-electron chi connectivity index (χ0n) is 20.4. The Hall–Kier alpha value is -0.321. The molecule has 1 aliphatic rings. The molecule has 0 saturated heterocycles. The van der Waals surface area contributed by atoms with Gasteiger partial charge >= 0.3 is 191 Å². The van der Waals surface area contributed by atoms with Gasteiger partial charge in [-0.3, -0.25) is 0 Å². The van der Waals surface area contributed by atoms with E-state index in [1.165, 1.54) is 51.8 Å². The molecular formula is C26H48O3Sn. The maximum absolute atomic E-state index is 12.7. The van der Waals surface area contributed by atoms with Crippen LogP contribution in [0.15, 0.2) is 10.2 Å². The van der Waals surface area contributed by atoms with Crippen LogP contribution in [0.5, 0.6) is 0 Å². The van der Waals surface area contributed by atoms with E-state index in [1.807, 2.05) is 6.92 Å². The van der Waals surface area contributed by atoms with Gasteiger partial charge in [-0.1, -0.05) is 0 Å². The Balaban J connectivity index is 2.78. The molecule has 0 aromatic rings. The van der Waals surface area contributed by atoms with Crippen molar-refractivity contribution in [1.82, 2.24) is 0 Å². The molecule has 0 radical (unpaired) electrons. The molecule has 1 unspecified atom stereocenters. The van der Waals surface area contributed by atoms with Crippen LogP contribution in [0.25, 0.3) is 0 Å². The van der Waals surface area contributed by atoms with Crippen LogP contribution in [0.1, 0.15) is 111 Å². The Morgan fingerprint density at radius 2 is 1.57 bits per heavy atom. The van der Waals surface area contributed by atoms with E-state index in [1.54, 1.807) is 0 Å². The monoisotopic (exact) mass is 528 g/mol. The van der Waals surface area contributed by atoms with Crippen molar-refractivity contribution >= 4 is 30.1 Å². The van der Waals surface area contributed by atoms with Crippen molar-refractivity contribution in [3.63, 3.8) is 0 Å². The van der Waals surface area contributed by atoms with E-state index in [9.17, 15) is 9.59 Å². The fourth-order valence-corrected chi connectivity index (χ4v) is 19.5. The molecule has 0 aliphatic heterocycles. The molecule has 1 atom stereocenters. The molecule has 174 valence electrons. The summed E-state index contributed by atoms with van der Waals surface area (Å²) >= 11 is -2.22. The van der Waals surface area contributed by atoms with E-state index in [0.717, 1.165) is 25.7 Å². The average molecular weight is 527 g/mol. The summed E-state index contributed by atoms with van der Waals surface area (Å²) in [7, 11) is 0. The molecule has 0 spiro atoms. The van der Waals surface area contributed by atoms with E-state index >= 15 is 0 Å². The molecule has 1 fully saturated rings. The van der Waals surface area contributed by atoms with Crippen LogP contribution >= 0.6 is 0 Å². The first kappa shape index (κ1) is 27.7. The van der Waals surface area contributed by atoms with Gasteiger partial charge in [0.15, 0.2) is 0 Å². The second-order valence-electron chi connectivity index (χ2n) is 9.40. The van der Waals surface area contributed by atoms with Gasteiger partial charge in [-0.2, -0.15) is 0 Å². The van der Waals surface area contributed by atoms with Gasteiger partial charge in [0.05, 0.1) is 0 Å². The molecule has 0 aromatic carbocycles. The third-order valence-electron chi connectivity index (χ3n) is 6.99. The van der Waals surface area contributed by atoms with E-state index in [-0.39, 0.29) is 11.8 Å². The first-order chi connectivity index (χ1) is 14.5. The summed E-state index contributed by atoms with van der Waals surface area (Å²) in [6, 6.07) is 0. The van der Waals surface area contributed by atoms with Crippen LogP contribution in [0.3, 0.4) is 0 Å². The average Bonchev–Trinajstić information content (AvgIpc) is 2.75. The van der Waals surface area contributed by atoms with Crippen molar-refractivity contribution in [2.24, 2.45) is 5.41 Å². The van der Waals surface area contributed by atoms with Gasteiger partial charge in [0.2, 0.25) is 0 Å². The predicted octanol–water partition coefficient (Wildman–Crippen LogP) is 7.79. The number of carbonyl (C=O) groups is 2. The first-order valence-electron chi connectivity index (χ1n) is 12.9. The summed E-state index contributed by atoms with van der Waals surface area (Å²) in [4.78, 5) is 25.4. The van der Waals surface area contributed by atoms with Crippen LogP contribution < -0.4 is 0 Å². The molecule has 1 saturated carbocycles. The number of ketones is 1. The first-order valence-corrected chi connectivity index (χ1v) is 20.6. The second kappa shape index (κ2) is 15.5. The van der Waals surface area contributed by atoms with Gasteiger partial charge in [-0.15, -0.1) is 0 Å². The van der Waals surface area contributed by atoms with Crippen molar-refractivity contribution in [3.05, 3.63) is 10.2 Å². The number of allylic oxidation sites excluding steroid dienone is 1. The molecule has 0 bridgehead atoms.